The van der Waals surface area contributed by atoms with Crippen LogP contribution in [-0.2, 0) is 13.0 Å². The van der Waals surface area contributed by atoms with Crippen LogP contribution in [0.5, 0.6) is 0 Å². The summed E-state index contributed by atoms with van der Waals surface area (Å²) in [6, 6.07) is 24.0. The monoisotopic (exact) mass is 467 g/mol. The van der Waals surface area contributed by atoms with Crippen LogP contribution >= 0.6 is 11.3 Å². The van der Waals surface area contributed by atoms with Gasteiger partial charge in [0.2, 0.25) is 0 Å². The SMILES string of the molecule is Cc1nc(-c2cccc(F)c2)n(CCc2ccccc2)c(=O)c1-c1cc(-c2ccccn2)cs1. The third-order valence-corrected chi connectivity index (χ3v) is 6.65. The molecule has 2 aromatic carbocycles. The Morgan fingerprint density at radius 2 is 1.76 bits per heavy atom. The number of aromatic nitrogens is 3. The van der Waals surface area contributed by atoms with Crippen LogP contribution in [0.2, 0.25) is 0 Å². The molecule has 0 N–H and O–H groups in total. The van der Waals surface area contributed by atoms with E-state index in [9.17, 15) is 9.18 Å². The Kier molecular flexibility index (Phi) is 6.14. The summed E-state index contributed by atoms with van der Waals surface area (Å²) in [4.78, 5) is 23.9. The fourth-order valence-electron chi connectivity index (χ4n) is 4.02. The van der Waals surface area contributed by atoms with Crippen LogP contribution in [-0.4, -0.2) is 14.5 Å². The lowest BCUT2D eigenvalue weighted by Crippen LogP contribution is -2.27. The average Bonchev–Trinajstić information content (AvgIpc) is 3.34. The first-order valence-electron chi connectivity index (χ1n) is 11.0. The van der Waals surface area contributed by atoms with Gasteiger partial charge >= 0.3 is 0 Å². The van der Waals surface area contributed by atoms with E-state index in [1.54, 1.807) is 22.9 Å². The number of rotatable bonds is 6. The van der Waals surface area contributed by atoms with Gasteiger partial charge in [-0.05, 0) is 49.2 Å². The summed E-state index contributed by atoms with van der Waals surface area (Å²) < 4.78 is 15.7. The van der Waals surface area contributed by atoms with E-state index in [0.717, 1.165) is 21.7 Å². The molecule has 4 nitrogen and oxygen atoms in total. The van der Waals surface area contributed by atoms with Crippen molar-refractivity contribution >= 4 is 11.3 Å². The zero-order valence-corrected chi connectivity index (χ0v) is 19.4. The van der Waals surface area contributed by atoms with E-state index >= 15 is 0 Å². The van der Waals surface area contributed by atoms with Crippen LogP contribution in [0.15, 0.2) is 95.2 Å². The molecule has 3 aromatic heterocycles. The first-order chi connectivity index (χ1) is 16.6. The summed E-state index contributed by atoms with van der Waals surface area (Å²) in [5.41, 5.74) is 4.59. The number of pyridine rings is 1. The summed E-state index contributed by atoms with van der Waals surface area (Å²) in [6.07, 6.45) is 2.42. The van der Waals surface area contributed by atoms with Gasteiger partial charge in [-0.3, -0.25) is 14.3 Å². The smallest absolute Gasteiger partial charge is 0.262 e. The van der Waals surface area contributed by atoms with Crippen LogP contribution in [0.4, 0.5) is 4.39 Å². The Bertz CT molecular complexity index is 1490. The second-order valence-corrected chi connectivity index (χ2v) is 8.92. The molecule has 0 saturated heterocycles. The van der Waals surface area contributed by atoms with E-state index in [0.29, 0.717) is 35.6 Å². The third-order valence-electron chi connectivity index (χ3n) is 5.71. The highest BCUT2D eigenvalue weighted by Gasteiger charge is 2.19. The van der Waals surface area contributed by atoms with Crippen molar-refractivity contribution in [3.63, 3.8) is 0 Å². The molecule has 0 spiro atoms. The minimum atomic E-state index is -0.360. The second-order valence-electron chi connectivity index (χ2n) is 8.01. The molecular weight excluding hydrogens is 445 g/mol. The van der Waals surface area contributed by atoms with Crippen molar-refractivity contribution in [2.75, 3.05) is 0 Å². The van der Waals surface area contributed by atoms with Gasteiger partial charge in [0.1, 0.15) is 11.6 Å². The molecular formula is C28H22FN3OS. The van der Waals surface area contributed by atoms with Crippen molar-refractivity contribution < 1.29 is 4.39 Å². The van der Waals surface area contributed by atoms with Gasteiger partial charge in [-0.15, -0.1) is 11.3 Å². The molecule has 5 rings (SSSR count). The predicted molar refractivity (Wildman–Crippen MR) is 135 cm³/mol. The molecule has 5 aromatic rings. The minimum absolute atomic E-state index is 0.128. The fourth-order valence-corrected chi connectivity index (χ4v) is 5.01. The topological polar surface area (TPSA) is 47.8 Å². The molecule has 0 atom stereocenters. The molecule has 0 radical (unpaired) electrons. The van der Waals surface area contributed by atoms with Crippen LogP contribution in [0, 0.1) is 12.7 Å². The molecule has 168 valence electrons. The summed E-state index contributed by atoms with van der Waals surface area (Å²) in [5, 5.41) is 2.01. The van der Waals surface area contributed by atoms with E-state index < -0.39 is 0 Å². The van der Waals surface area contributed by atoms with Crippen molar-refractivity contribution in [2.45, 2.75) is 19.9 Å². The summed E-state index contributed by atoms with van der Waals surface area (Å²) >= 11 is 1.50. The van der Waals surface area contributed by atoms with Crippen LogP contribution in [0.3, 0.4) is 0 Å². The first kappa shape index (κ1) is 21.9. The standard InChI is InChI=1S/C28H22FN3OS/c1-19-26(25-17-22(18-34-25)24-12-5-6-14-30-24)28(33)32(15-13-20-8-3-2-4-9-20)27(31-19)21-10-7-11-23(29)16-21/h2-12,14,16-18H,13,15H2,1H3. The molecule has 0 fully saturated rings. The van der Waals surface area contributed by atoms with Crippen LogP contribution in [0.25, 0.3) is 33.1 Å². The lowest BCUT2D eigenvalue weighted by molar-refractivity contribution is 0.626. The van der Waals surface area contributed by atoms with E-state index in [-0.39, 0.29) is 11.4 Å². The van der Waals surface area contributed by atoms with Crippen molar-refractivity contribution in [1.29, 1.82) is 0 Å². The van der Waals surface area contributed by atoms with Crippen LogP contribution < -0.4 is 5.56 Å². The van der Waals surface area contributed by atoms with Gasteiger partial charge in [0.15, 0.2) is 0 Å². The lowest BCUT2D eigenvalue weighted by Gasteiger charge is -2.16. The Labute approximate surface area is 201 Å². The van der Waals surface area contributed by atoms with E-state index in [4.69, 9.17) is 4.98 Å². The summed E-state index contributed by atoms with van der Waals surface area (Å²) in [6.45, 7) is 2.27. The molecule has 0 aliphatic carbocycles. The van der Waals surface area contributed by atoms with E-state index in [2.05, 4.69) is 4.98 Å². The molecule has 0 amide bonds. The Morgan fingerprint density at radius 3 is 2.53 bits per heavy atom. The zero-order valence-electron chi connectivity index (χ0n) is 18.6. The molecule has 0 saturated carbocycles. The van der Waals surface area contributed by atoms with Crippen molar-refractivity contribution in [3.05, 3.63) is 118 Å². The summed E-state index contributed by atoms with van der Waals surface area (Å²) in [7, 11) is 0. The maximum atomic E-state index is 14.0. The highest BCUT2D eigenvalue weighted by atomic mass is 32.1. The van der Waals surface area contributed by atoms with Crippen LogP contribution in [0.1, 0.15) is 11.3 Å². The maximum Gasteiger partial charge on any atom is 0.262 e. The van der Waals surface area contributed by atoms with Gasteiger partial charge in [0.05, 0.1) is 17.0 Å². The number of benzene rings is 2. The summed E-state index contributed by atoms with van der Waals surface area (Å²) in [5.74, 6) is 0.115. The number of thiophene rings is 1. The Balaban J connectivity index is 1.62. The van der Waals surface area contributed by atoms with E-state index in [1.807, 2.05) is 66.9 Å². The number of hydrogen-bond donors (Lipinski definition) is 0. The first-order valence-corrected chi connectivity index (χ1v) is 11.9. The third kappa shape index (κ3) is 4.45. The highest BCUT2D eigenvalue weighted by molar-refractivity contribution is 7.14. The minimum Gasteiger partial charge on any atom is -0.292 e. The van der Waals surface area contributed by atoms with Crippen molar-refractivity contribution in [2.24, 2.45) is 0 Å². The number of halogens is 1. The van der Waals surface area contributed by atoms with Gasteiger partial charge < -0.3 is 0 Å². The number of aryl methyl sites for hydroxylation is 2. The molecule has 0 aliphatic heterocycles. The zero-order chi connectivity index (χ0) is 23.5. The normalized spacial score (nSPS) is 11.0. The average molecular weight is 468 g/mol. The fraction of sp³-hybridized carbons (Fsp3) is 0.107. The number of hydrogen-bond acceptors (Lipinski definition) is 4. The predicted octanol–water partition coefficient (Wildman–Crippen LogP) is 6.39. The molecule has 34 heavy (non-hydrogen) atoms. The van der Waals surface area contributed by atoms with Gasteiger partial charge in [-0.25, -0.2) is 9.37 Å². The quantitative estimate of drug-likeness (QED) is 0.291. The highest BCUT2D eigenvalue weighted by Crippen LogP contribution is 2.32. The molecule has 0 aliphatic rings. The molecule has 0 bridgehead atoms. The maximum absolute atomic E-state index is 14.0. The number of nitrogens with zero attached hydrogens (tertiary/aromatic N) is 3. The van der Waals surface area contributed by atoms with Crippen molar-refractivity contribution in [3.8, 4) is 33.1 Å². The molecule has 6 heteroatoms. The Morgan fingerprint density at radius 1 is 0.941 bits per heavy atom. The van der Waals surface area contributed by atoms with Gasteiger partial charge in [-0.2, -0.15) is 0 Å². The lowest BCUT2D eigenvalue weighted by atomic mass is 10.1. The molecule has 3 heterocycles. The Hall–Kier alpha value is -3.90. The van der Waals surface area contributed by atoms with Crippen molar-refractivity contribution in [1.82, 2.24) is 14.5 Å². The van der Waals surface area contributed by atoms with Gasteiger partial charge in [0.25, 0.3) is 5.56 Å². The van der Waals surface area contributed by atoms with E-state index in [1.165, 1.54) is 23.5 Å². The second kappa shape index (κ2) is 9.53. The van der Waals surface area contributed by atoms with Gasteiger partial charge in [0, 0.05) is 34.1 Å². The molecule has 0 unspecified atom stereocenters. The largest absolute Gasteiger partial charge is 0.292 e. The van der Waals surface area contributed by atoms with Gasteiger partial charge in [-0.1, -0.05) is 48.5 Å².